The number of likely N-dealkylation sites (tertiary alicyclic amines) is 1. The maximum absolute atomic E-state index is 13.4. The highest BCUT2D eigenvalue weighted by atomic mass is 19.1. The van der Waals surface area contributed by atoms with Crippen molar-refractivity contribution >= 4 is 11.8 Å². The van der Waals surface area contributed by atoms with Crippen molar-refractivity contribution in [3.8, 4) is 0 Å². The molecule has 0 unspecified atom stereocenters. The van der Waals surface area contributed by atoms with Gasteiger partial charge in [-0.25, -0.2) is 4.39 Å². The Balaban J connectivity index is 1.21. The minimum atomic E-state index is -0.232. The fourth-order valence-corrected chi connectivity index (χ4v) is 5.03. The first-order valence-corrected chi connectivity index (χ1v) is 11.6. The molecule has 2 amide bonds. The number of amides is 2. The lowest BCUT2D eigenvalue weighted by molar-refractivity contribution is -0.127. The monoisotopic (exact) mass is 441 g/mol. The van der Waals surface area contributed by atoms with E-state index in [9.17, 15) is 14.0 Å². The summed E-state index contributed by atoms with van der Waals surface area (Å²) in [6.45, 7) is 2.80. The highest BCUT2D eigenvalue weighted by Gasteiger charge is 2.36. The molecule has 1 saturated carbocycles. The van der Waals surface area contributed by atoms with Crippen LogP contribution in [0.4, 0.5) is 4.39 Å². The predicted octanol–water partition coefficient (Wildman–Crippen LogP) is 3.38. The number of nitrogens with zero attached hydrogens (tertiary/aromatic N) is 1. The molecular weight excluding hydrogens is 409 g/mol. The summed E-state index contributed by atoms with van der Waals surface area (Å²) >= 11 is 0. The van der Waals surface area contributed by atoms with Gasteiger partial charge in [0.1, 0.15) is 11.6 Å². The Bertz CT molecular complexity index is 884. The van der Waals surface area contributed by atoms with Gasteiger partial charge in [0.05, 0.1) is 19.4 Å². The zero-order valence-corrected chi connectivity index (χ0v) is 18.4. The number of hydrogen-bond acceptors (Lipinski definition) is 4. The quantitative estimate of drug-likeness (QED) is 0.659. The maximum atomic E-state index is 13.4. The first-order valence-electron chi connectivity index (χ1n) is 11.6. The van der Waals surface area contributed by atoms with Crippen LogP contribution < -0.4 is 10.6 Å². The van der Waals surface area contributed by atoms with E-state index in [4.69, 9.17) is 4.42 Å². The molecule has 4 rings (SSSR count). The van der Waals surface area contributed by atoms with Crippen LogP contribution in [0.25, 0.3) is 0 Å². The fraction of sp³-hybridized carbons (Fsp3) is 0.520. The number of hydrogen-bond donors (Lipinski definition) is 2. The fourth-order valence-electron chi connectivity index (χ4n) is 5.03. The average Bonchev–Trinajstić information content (AvgIpc) is 3.50. The van der Waals surface area contributed by atoms with Crippen LogP contribution >= 0.6 is 0 Å². The Kier molecular flexibility index (Phi) is 7.25. The van der Waals surface area contributed by atoms with Gasteiger partial charge in [0.25, 0.3) is 0 Å². The second-order valence-corrected chi connectivity index (χ2v) is 9.12. The number of rotatable bonds is 8. The topological polar surface area (TPSA) is 74.6 Å². The van der Waals surface area contributed by atoms with Crippen LogP contribution in [0.5, 0.6) is 0 Å². The molecule has 32 heavy (non-hydrogen) atoms. The van der Waals surface area contributed by atoms with Gasteiger partial charge in [-0.15, -0.1) is 0 Å². The van der Waals surface area contributed by atoms with Gasteiger partial charge in [-0.2, -0.15) is 0 Å². The van der Waals surface area contributed by atoms with E-state index in [-0.39, 0.29) is 29.0 Å². The lowest BCUT2D eigenvalue weighted by Crippen LogP contribution is -2.46. The molecule has 7 heteroatoms. The van der Waals surface area contributed by atoms with E-state index in [1.807, 2.05) is 18.2 Å². The number of carbonyl (C=O) groups excluding carboxylic acids is 2. The van der Waals surface area contributed by atoms with Crippen LogP contribution in [-0.4, -0.2) is 42.9 Å². The van der Waals surface area contributed by atoms with E-state index < -0.39 is 0 Å². The van der Waals surface area contributed by atoms with Crippen molar-refractivity contribution in [2.75, 3.05) is 26.2 Å². The molecule has 1 saturated heterocycles. The van der Waals surface area contributed by atoms with Crippen LogP contribution in [0.3, 0.4) is 0 Å². The Morgan fingerprint density at radius 3 is 2.44 bits per heavy atom. The molecule has 1 aromatic heterocycles. The number of carbonyl (C=O) groups is 2. The molecule has 1 aliphatic carbocycles. The lowest BCUT2D eigenvalue weighted by Gasteiger charge is -2.32. The van der Waals surface area contributed by atoms with Crippen molar-refractivity contribution in [3.05, 3.63) is 59.8 Å². The molecular formula is C25H32FN3O3. The van der Waals surface area contributed by atoms with Crippen LogP contribution in [0.2, 0.25) is 0 Å². The van der Waals surface area contributed by atoms with Crippen LogP contribution in [0.1, 0.15) is 49.8 Å². The van der Waals surface area contributed by atoms with Gasteiger partial charge in [0.15, 0.2) is 0 Å². The molecule has 1 aliphatic heterocycles. The Morgan fingerprint density at radius 2 is 1.78 bits per heavy atom. The van der Waals surface area contributed by atoms with Crippen LogP contribution in [-0.2, 0) is 21.5 Å². The summed E-state index contributed by atoms with van der Waals surface area (Å²) in [6.07, 6.45) is 7.37. The number of halogens is 1. The van der Waals surface area contributed by atoms with Gasteiger partial charge in [-0.3, -0.25) is 14.5 Å². The molecule has 0 atom stereocenters. The first-order chi connectivity index (χ1) is 15.5. The van der Waals surface area contributed by atoms with E-state index >= 15 is 0 Å². The normalized spacial score (nSPS) is 19.0. The second kappa shape index (κ2) is 10.3. The summed E-state index contributed by atoms with van der Waals surface area (Å²) in [6, 6.07) is 10.4. The van der Waals surface area contributed by atoms with Crippen molar-refractivity contribution in [1.29, 1.82) is 0 Å². The van der Waals surface area contributed by atoms with Gasteiger partial charge in [0.2, 0.25) is 11.8 Å². The van der Waals surface area contributed by atoms with Crippen molar-refractivity contribution in [2.45, 2.75) is 50.5 Å². The van der Waals surface area contributed by atoms with E-state index in [0.29, 0.717) is 19.6 Å². The van der Waals surface area contributed by atoms with Crippen LogP contribution in [0, 0.1) is 11.7 Å². The second-order valence-electron chi connectivity index (χ2n) is 9.12. The largest absolute Gasteiger partial charge is 0.467 e. The highest BCUT2D eigenvalue weighted by Crippen LogP contribution is 2.40. The summed E-state index contributed by atoms with van der Waals surface area (Å²) in [7, 11) is 0. The molecule has 2 aromatic rings. The minimum Gasteiger partial charge on any atom is -0.467 e. The summed E-state index contributed by atoms with van der Waals surface area (Å²) in [4.78, 5) is 27.1. The molecule has 1 aromatic carbocycles. The first kappa shape index (κ1) is 22.5. The summed E-state index contributed by atoms with van der Waals surface area (Å²) < 4.78 is 18.6. The third-order valence-corrected chi connectivity index (χ3v) is 6.98. The molecule has 2 fully saturated rings. The van der Waals surface area contributed by atoms with Crippen molar-refractivity contribution in [1.82, 2.24) is 15.5 Å². The van der Waals surface area contributed by atoms with Crippen molar-refractivity contribution in [3.63, 3.8) is 0 Å². The number of nitrogens with one attached hydrogen (secondary N) is 2. The number of benzene rings is 1. The highest BCUT2D eigenvalue weighted by molar-refractivity contribution is 5.79. The zero-order valence-electron chi connectivity index (χ0n) is 18.4. The van der Waals surface area contributed by atoms with Crippen LogP contribution in [0.15, 0.2) is 47.1 Å². The van der Waals surface area contributed by atoms with Gasteiger partial charge in [0, 0.05) is 17.9 Å². The summed E-state index contributed by atoms with van der Waals surface area (Å²) in [5, 5.41) is 6.06. The maximum Gasteiger partial charge on any atom is 0.234 e. The van der Waals surface area contributed by atoms with E-state index in [1.54, 1.807) is 12.3 Å². The van der Waals surface area contributed by atoms with Gasteiger partial charge in [-0.05, 0) is 68.6 Å². The Hall–Kier alpha value is -2.67. The van der Waals surface area contributed by atoms with Gasteiger partial charge < -0.3 is 15.1 Å². The standard InChI is InChI=1S/C25H32FN3O3/c26-21-7-5-20(6-8-21)25(11-1-2-12-25)18-28-23(30)17-29-13-9-19(10-14-29)24(31)27-16-22-4-3-15-32-22/h3-8,15,19H,1-2,9-14,16-18H2,(H,27,31)(H,28,30). The van der Waals surface area contributed by atoms with E-state index in [1.165, 1.54) is 12.1 Å². The van der Waals surface area contributed by atoms with Crippen molar-refractivity contribution in [2.24, 2.45) is 5.92 Å². The molecule has 172 valence electrons. The Morgan fingerprint density at radius 1 is 1.06 bits per heavy atom. The lowest BCUT2D eigenvalue weighted by atomic mass is 9.79. The molecule has 0 radical (unpaired) electrons. The number of piperidine rings is 1. The van der Waals surface area contributed by atoms with E-state index in [2.05, 4.69) is 15.5 Å². The SMILES string of the molecule is O=C(CN1CCC(C(=O)NCc2ccco2)CC1)NCC1(c2ccc(F)cc2)CCCC1. The third-order valence-electron chi connectivity index (χ3n) is 6.98. The molecule has 2 N–H and O–H groups in total. The van der Waals surface area contributed by atoms with Crippen molar-refractivity contribution < 1.29 is 18.4 Å². The molecule has 0 bridgehead atoms. The Labute approximate surface area is 188 Å². The summed E-state index contributed by atoms with van der Waals surface area (Å²) in [5.74, 6) is 0.550. The molecule has 2 heterocycles. The zero-order chi connectivity index (χ0) is 22.4. The minimum absolute atomic E-state index is 0.0131. The third kappa shape index (κ3) is 5.57. The molecule has 0 spiro atoms. The predicted molar refractivity (Wildman–Crippen MR) is 119 cm³/mol. The molecule has 6 nitrogen and oxygen atoms in total. The van der Waals surface area contributed by atoms with E-state index in [0.717, 1.165) is 62.9 Å². The van der Waals surface area contributed by atoms with Gasteiger partial charge in [-0.1, -0.05) is 25.0 Å². The summed E-state index contributed by atoms with van der Waals surface area (Å²) in [5.41, 5.74) is 1.01. The smallest absolute Gasteiger partial charge is 0.234 e. The number of furan rings is 1. The van der Waals surface area contributed by atoms with Gasteiger partial charge >= 0.3 is 0 Å². The average molecular weight is 442 g/mol. The molecule has 2 aliphatic rings.